The van der Waals surface area contributed by atoms with Gasteiger partial charge in [0.25, 0.3) is 0 Å². The first kappa shape index (κ1) is 22.7. The second-order valence-electron chi connectivity index (χ2n) is 7.80. The summed E-state index contributed by atoms with van der Waals surface area (Å²) in [5.41, 5.74) is 1.71. The third-order valence-electron chi connectivity index (χ3n) is 5.28. The van der Waals surface area contributed by atoms with Crippen LogP contribution in [0.15, 0.2) is 6.07 Å². The molecule has 1 heterocycles. The lowest BCUT2D eigenvalue weighted by Crippen LogP contribution is -1.91. The van der Waals surface area contributed by atoms with Crippen molar-refractivity contribution in [1.29, 1.82) is 0 Å². The van der Waals surface area contributed by atoms with Crippen molar-refractivity contribution in [1.82, 2.24) is 0 Å². The van der Waals surface area contributed by atoms with Gasteiger partial charge in [-0.3, -0.25) is 0 Å². The Morgan fingerprint density at radius 2 is 1.08 bits per heavy atom. The van der Waals surface area contributed by atoms with E-state index in [4.69, 9.17) is 0 Å². The Kier molecular flexibility index (Phi) is 14.5. The molecule has 1 rings (SSSR count). The van der Waals surface area contributed by atoms with Gasteiger partial charge in [0.2, 0.25) is 0 Å². The summed E-state index contributed by atoms with van der Waals surface area (Å²) in [6, 6.07) is 2.57. The molecule has 25 heavy (non-hydrogen) atoms. The van der Waals surface area contributed by atoms with Crippen LogP contribution < -0.4 is 0 Å². The van der Waals surface area contributed by atoms with E-state index in [1.807, 2.05) is 0 Å². The predicted octanol–water partition coefficient (Wildman–Crippen LogP) is 8.90. The zero-order valence-electron chi connectivity index (χ0n) is 17.5. The number of hydrogen-bond donors (Lipinski definition) is 0. The van der Waals surface area contributed by atoms with Gasteiger partial charge in [0.15, 0.2) is 0 Å². The second-order valence-corrected chi connectivity index (χ2v) is 9.02. The molecule has 146 valence electrons. The maximum atomic E-state index is 2.57. The standard InChI is InChI=1S/C24H44S/c1-4-7-10-12-14-16-18-22-21-23(19-9-6-3)25-24(22)20-17-15-13-11-8-5-2/h21H,4-20H2,1-3H3. The molecule has 0 aliphatic rings. The largest absolute Gasteiger partial charge is 0.145 e. The molecule has 0 unspecified atom stereocenters. The molecule has 0 spiro atoms. The fourth-order valence-electron chi connectivity index (χ4n) is 3.59. The first-order chi connectivity index (χ1) is 12.3. The molecule has 0 amide bonds. The molecule has 0 radical (unpaired) electrons. The molecule has 1 aromatic rings. The van der Waals surface area contributed by atoms with Crippen LogP contribution in [0.1, 0.15) is 126 Å². The summed E-state index contributed by atoms with van der Waals surface area (Å²) in [5, 5.41) is 0. The number of rotatable bonds is 17. The fraction of sp³-hybridized carbons (Fsp3) is 0.833. The molecule has 0 saturated heterocycles. The Hall–Kier alpha value is -0.300. The lowest BCUT2D eigenvalue weighted by atomic mass is 10.0. The fourth-order valence-corrected chi connectivity index (χ4v) is 4.89. The summed E-state index contributed by atoms with van der Waals surface area (Å²) in [6.07, 6.45) is 23.6. The van der Waals surface area contributed by atoms with Crippen molar-refractivity contribution in [2.75, 3.05) is 0 Å². The highest BCUT2D eigenvalue weighted by Crippen LogP contribution is 2.28. The van der Waals surface area contributed by atoms with Gasteiger partial charge in [-0.05, 0) is 50.2 Å². The number of thiophene rings is 1. The first-order valence-electron chi connectivity index (χ1n) is 11.4. The predicted molar refractivity (Wildman–Crippen MR) is 117 cm³/mol. The molecule has 0 bridgehead atoms. The van der Waals surface area contributed by atoms with Gasteiger partial charge in [-0.25, -0.2) is 0 Å². The van der Waals surface area contributed by atoms with Gasteiger partial charge in [-0.2, -0.15) is 0 Å². The third-order valence-corrected chi connectivity index (χ3v) is 6.58. The van der Waals surface area contributed by atoms with E-state index in [1.165, 1.54) is 109 Å². The Labute approximate surface area is 162 Å². The molecule has 1 aromatic heterocycles. The van der Waals surface area contributed by atoms with Gasteiger partial charge in [-0.1, -0.05) is 91.4 Å². The van der Waals surface area contributed by atoms with Crippen molar-refractivity contribution in [2.45, 2.75) is 130 Å². The van der Waals surface area contributed by atoms with E-state index in [0.717, 1.165) is 0 Å². The van der Waals surface area contributed by atoms with Crippen LogP contribution in [0.5, 0.6) is 0 Å². The normalized spacial score (nSPS) is 11.3. The van der Waals surface area contributed by atoms with E-state index in [2.05, 4.69) is 38.2 Å². The van der Waals surface area contributed by atoms with Crippen LogP contribution in [-0.4, -0.2) is 0 Å². The minimum Gasteiger partial charge on any atom is -0.145 e. The van der Waals surface area contributed by atoms with Gasteiger partial charge in [0.05, 0.1) is 0 Å². The Balaban J connectivity index is 2.38. The van der Waals surface area contributed by atoms with Crippen LogP contribution in [-0.2, 0) is 19.3 Å². The highest BCUT2D eigenvalue weighted by Gasteiger charge is 2.09. The molecule has 0 fully saturated rings. The molecule has 0 saturated carbocycles. The van der Waals surface area contributed by atoms with E-state index >= 15 is 0 Å². The van der Waals surface area contributed by atoms with Crippen LogP contribution >= 0.6 is 11.3 Å². The zero-order valence-corrected chi connectivity index (χ0v) is 18.3. The maximum absolute atomic E-state index is 2.57. The average Bonchev–Trinajstić information content (AvgIpc) is 3.01. The van der Waals surface area contributed by atoms with Crippen molar-refractivity contribution in [2.24, 2.45) is 0 Å². The van der Waals surface area contributed by atoms with Gasteiger partial charge >= 0.3 is 0 Å². The van der Waals surface area contributed by atoms with Crippen LogP contribution in [0.25, 0.3) is 0 Å². The van der Waals surface area contributed by atoms with Gasteiger partial charge in [0, 0.05) is 9.75 Å². The first-order valence-corrected chi connectivity index (χ1v) is 12.2. The summed E-state index contributed by atoms with van der Waals surface area (Å²) in [7, 11) is 0. The smallest absolute Gasteiger partial charge is 0.00801 e. The van der Waals surface area contributed by atoms with Gasteiger partial charge in [-0.15, -0.1) is 11.3 Å². The molecular weight excluding hydrogens is 320 g/mol. The monoisotopic (exact) mass is 364 g/mol. The van der Waals surface area contributed by atoms with Crippen molar-refractivity contribution in [3.8, 4) is 0 Å². The Morgan fingerprint density at radius 3 is 1.68 bits per heavy atom. The van der Waals surface area contributed by atoms with Crippen LogP contribution in [0, 0.1) is 0 Å². The Bertz CT molecular complexity index is 371. The molecule has 0 aromatic carbocycles. The summed E-state index contributed by atoms with van der Waals surface area (Å²) in [4.78, 5) is 3.39. The molecular formula is C24H44S. The molecule has 0 aliphatic carbocycles. The van der Waals surface area contributed by atoms with Crippen LogP contribution in [0.2, 0.25) is 0 Å². The SMILES string of the molecule is CCCCCCCCc1cc(CCCC)sc1CCCCCCCC. The highest BCUT2D eigenvalue weighted by molar-refractivity contribution is 7.12. The molecule has 0 N–H and O–H groups in total. The minimum atomic E-state index is 1.31. The second kappa shape index (κ2) is 15.9. The third kappa shape index (κ3) is 11.1. The number of hydrogen-bond acceptors (Lipinski definition) is 1. The minimum absolute atomic E-state index is 1.31. The van der Waals surface area contributed by atoms with E-state index in [1.54, 1.807) is 15.3 Å². The maximum Gasteiger partial charge on any atom is 0.00801 e. The molecule has 1 heteroatoms. The number of aryl methyl sites for hydroxylation is 3. The number of unbranched alkanes of at least 4 members (excludes halogenated alkanes) is 11. The zero-order chi connectivity index (χ0) is 18.2. The Morgan fingerprint density at radius 1 is 0.560 bits per heavy atom. The van der Waals surface area contributed by atoms with E-state index < -0.39 is 0 Å². The van der Waals surface area contributed by atoms with Gasteiger partial charge in [0.1, 0.15) is 0 Å². The summed E-state index contributed by atoms with van der Waals surface area (Å²) >= 11 is 2.14. The molecule has 0 atom stereocenters. The summed E-state index contributed by atoms with van der Waals surface area (Å²) in [6.45, 7) is 6.91. The van der Waals surface area contributed by atoms with Crippen LogP contribution in [0.4, 0.5) is 0 Å². The lowest BCUT2D eigenvalue weighted by molar-refractivity contribution is 0.601. The molecule has 0 nitrogen and oxygen atoms in total. The topological polar surface area (TPSA) is 0 Å². The van der Waals surface area contributed by atoms with E-state index in [-0.39, 0.29) is 0 Å². The van der Waals surface area contributed by atoms with Crippen LogP contribution in [0.3, 0.4) is 0 Å². The van der Waals surface area contributed by atoms with Gasteiger partial charge < -0.3 is 0 Å². The van der Waals surface area contributed by atoms with Crippen molar-refractivity contribution >= 4 is 11.3 Å². The lowest BCUT2D eigenvalue weighted by Gasteiger charge is -2.05. The highest BCUT2D eigenvalue weighted by atomic mass is 32.1. The van der Waals surface area contributed by atoms with E-state index in [9.17, 15) is 0 Å². The van der Waals surface area contributed by atoms with E-state index in [0.29, 0.717) is 0 Å². The molecule has 0 aliphatic heterocycles. The van der Waals surface area contributed by atoms with Crippen molar-refractivity contribution in [3.05, 3.63) is 21.4 Å². The summed E-state index contributed by atoms with van der Waals surface area (Å²) in [5.74, 6) is 0. The average molecular weight is 365 g/mol. The van der Waals surface area contributed by atoms with Crippen molar-refractivity contribution < 1.29 is 0 Å². The van der Waals surface area contributed by atoms with Crippen molar-refractivity contribution in [3.63, 3.8) is 0 Å². The quantitative estimate of drug-likeness (QED) is 0.242. The summed E-state index contributed by atoms with van der Waals surface area (Å²) < 4.78 is 0.